The quantitative estimate of drug-likeness (QED) is 0.0371. The molecule has 0 saturated heterocycles. The van der Waals surface area contributed by atoms with Gasteiger partial charge >= 0.3 is 0 Å². The zero-order chi connectivity index (χ0) is 38.0. The van der Waals surface area contributed by atoms with E-state index in [1.807, 2.05) is 6.08 Å². The van der Waals surface area contributed by atoms with Crippen molar-refractivity contribution < 1.29 is 20.1 Å². The van der Waals surface area contributed by atoms with E-state index in [1.54, 1.807) is 6.08 Å². The van der Waals surface area contributed by atoms with Gasteiger partial charge in [-0.1, -0.05) is 244 Å². The molecule has 0 aliphatic carbocycles. The van der Waals surface area contributed by atoms with Crippen LogP contribution in [0.25, 0.3) is 0 Å². The molecule has 0 aliphatic rings. The van der Waals surface area contributed by atoms with Crippen LogP contribution in [0.2, 0.25) is 0 Å². The van der Waals surface area contributed by atoms with Crippen LogP contribution in [0.4, 0.5) is 0 Å². The summed E-state index contributed by atoms with van der Waals surface area (Å²) in [5, 5.41) is 33.3. The monoisotopic (exact) mass is 736 g/mol. The first-order chi connectivity index (χ1) is 25.5. The number of allylic oxidation sites excluding steroid dienone is 1. The van der Waals surface area contributed by atoms with Crippen LogP contribution in [-0.4, -0.2) is 46.1 Å². The molecule has 0 rings (SSSR count). The van der Waals surface area contributed by atoms with E-state index >= 15 is 0 Å². The average Bonchev–Trinajstić information content (AvgIpc) is 3.14. The zero-order valence-electron chi connectivity index (χ0n) is 35.2. The highest BCUT2D eigenvalue weighted by atomic mass is 16.3. The number of carbonyl (C=O) groups is 1. The first-order valence-corrected chi connectivity index (χ1v) is 23.5. The van der Waals surface area contributed by atoms with Gasteiger partial charge in [-0.15, -0.1) is 0 Å². The van der Waals surface area contributed by atoms with Gasteiger partial charge in [0.1, 0.15) is 0 Å². The van der Waals surface area contributed by atoms with Crippen molar-refractivity contribution in [1.82, 2.24) is 5.32 Å². The molecule has 3 unspecified atom stereocenters. The molecule has 5 nitrogen and oxygen atoms in total. The Morgan fingerprint density at radius 1 is 0.481 bits per heavy atom. The third-order valence-corrected chi connectivity index (χ3v) is 11.1. The first kappa shape index (κ1) is 51.1. The Morgan fingerprint density at radius 2 is 0.788 bits per heavy atom. The summed E-state index contributed by atoms with van der Waals surface area (Å²) in [5.41, 5.74) is 0. The number of carbonyl (C=O) groups excluding carboxylic acids is 1. The van der Waals surface area contributed by atoms with Crippen LogP contribution in [0, 0.1) is 0 Å². The number of aliphatic hydroxyl groups excluding tert-OH is 3. The van der Waals surface area contributed by atoms with Crippen molar-refractivity contribution in [2.24, 2.45) is 0 Å². The summed E-state index contributed by atoms with van der Waals surface area (Å²) in [6, 6.07) is -0.739. The van der Waals surface area contributed by atoms with Crippen LogP contribution in [0.5, 0.6) is 0 Å². The molecule has 5 heteroatoms. The second kappa shape index (κ2) is 42.8. The third kappa shape index (κ3) is 38.8. The van der Waals surface area contributed by atoms with Crippen molar-refractivity contribution >= 4 is 5.91 Å². The molecule has 4 N–H and O–H groups in total. The van der Waals surface area contributed by atoms with Crippen LogP contribution in [0.1, 0.15) is 258 Å². The molecule has 0 spiro atoms. The van der Waals surface area contributed by atoms with Crippen molar-refractivity contribution in [2.45, 2.75) is 276 Å². The third-order valence-electron chi connectivity index (χ3n) is 11.1. The molecule has 0 saturated carbocycles. The standard InChI is InChI=1S/C47H93NO4/c1-3-5-7-9-11-13-15-17-19-21-23-25-27-29-31-33-35-37-39-41-46(51)45(43-49)48-47(52)42-44(50)40-38-36-34-32-30-28-26-24-22-20-18-16-14-12-10-8-6-4-2/h39,41,44-46,49-51H,3-38,40,42-43H2,1-2H3,(H,48,52)/b41-39+. The van der Waals surface area contributed by atoms with E-state index < -0.39 is 18.2 Å². The Morgan fingerprint density at radius 3 is 1.12 bits per heavy atom. The van der Waals surface area contributed by atoms with Crippen LogP contribution in [0.15, 0.2) is 12.2 Å². The number of hydrogen-bond donors (Lipinski definition) is 4. The summed E-state index contributed by atoms with van der Waals surface area (Å²) in [6.07, 6.45) is 50.7. The van der Waals surface area contributed by atoms with Gasteiger partial charge in [0.05, 0.1) is 31.3 Å². The van der Waals surface area contributed by atoms with Crippen LogP contribution < -0.4 is 5.32 Å². The second-order valence-electron chi connectivity index (χ2n) is 16.4. The van der Waals surface area contributed by atoms with Gasteiger partial charge in [-0.05, 0) is 19.3 Å². The molecule has 0 aromatic heterocycles. The maximum absolute atomic E-state index is 12.5. The number of unbranched alkanes of at least 4 members (excludes halogenated alkanes) is 34. The Kier molecular flexibility index (Phi) is 42.1. The number of rotatable bonds is 43. The van der Waals surface area contributed by atoms with Crippen molar-refractivity contribution in [2.75, 3.05) is 6.61 Å². The summed E-state index contributed by atoms with van der Waals surface area (Å²) < 4.78 is 0. The van der Waals surface area contributed by atoms with Gasteiger partial charge in [0.25, 0.3) is 0 Å². The molecule has 310 valence electrons. The van der Waals surface area contributed by atoms with E-state index in [2.05, 4.69) is 19.2 Å². The lowest BCUT2D eigenvalue weighted by Crippen LogP contribution is -2.45. The summed E-state index contributed by atoms with van der Waals surface area (Å²) >= 11 is 0. The lowest BCUT2D eigenvalue weighted by Gasteiger charge is -2.21. The molecular weight excluding hydrogens is 643 g/mol. The predicted octanol–water partition coefficient (Wildman–Crippen LogP) is 13.6. The largest absolute Gasteiger partial charge is 0.394 e. The molecule has 52 heavy (non-hydrogen) atoms. The Hall–Kier alpha value is -0.910. The van der Waals surface area contributed by atoms with Gasteiger partial charge in [-0.2, -0.15) is 0 Å². The number of amides is 1. The normalized spacial score (nSPS) is 13.6. The molecule has 0 aromatic carbocycles. The van der Waals surface area contributed by atoms with E-state index in [4.69, 9.17) is 0 Å². The molecule has 1 amide bonds. The van der Waals surface area contributed by atoms with E-state index in [0.717, 1.165) is 25.7 Å². The van der Waals surface area contributed by atoms with Crippen molar-refractivity contribution in [3.05, 3.63) is 12.2 Å². The highest BCUT2D eigenvalue weighted by Gasteiger charge is 2.20. The highest BCUT2D eigenvalue weighted by molar-refractivity contribution is 5.76. The molecule has 0 aromatic rings. The topological polar surface area (TPSA) is 89.8 Å². The maximum atomic E-state index is 12.5. The zero-order valence-corrected chi connectivity index (χ0v) is 35.2. The molecule has 0 bridgehead atoms. The van der Waals surface area contributed by atoms with Crippen molar-refractivity contribution in [1.29, 1.82) is 0 Å². The van der Waals surface area contributed by atoms with E-state index in [9.17, 15) is 20.1 Å². The first-order valence-electron chi connectivity index (χ1n) is 23.5. The summed E-state index contributed by atoms with van der Waals surface area (Å²) in [7, 11) is 0. The lowest BCUT2D eigenvalue weighted by atomic mass is 10.0. The van der Waals surface area contributed by atoms with Crippen molar-refractivity contribution in [3.63, 3.8) is 0 Å². The Balaban J connectivity index is 3.61. The summed E-state index contributed by atoms with van der Waals surface area (Å²) in [5.74, 6) is -0.311. The van der Waals surface area contributed by atoms with Gasteiger partial charge in [-0.25, -0.2) is 0 Å². The van der Waals surface area contributed by atoms with E-state index in [1.165, 1.54) is 205 Å². The number of nitrogens with one attached hydrogen (secondary N) is 1. The van der Waals surface area contributed by atoms with Gasteiger partial charge in [-0.3, -0.25) is 4.79 Å². The fraction of sp³-hybridized carbons (Fsp3) is 0.936. The molecule has 3 atom stereocenters. The Bertz CT molecular complexity index is 728. The SMILES string of the molecule is CCCCCCCCCCCCCCCCCCC/C=C/C(O)C(CO)NC(=O)CC(O)CCCCCCCCCCCCCCCCCCCC. The second-order valence-corrected chi connectivity index (χ2v) is 16.4. The fourth-order valence-corrected chi connectivity index (χ4v) is 7.46. The van der Waals surface area contributed by atoms with Gasteiger partial charge in [0.15, 0.2) is 0 Å². The van der Waals surface area contributed by atoms with Gasteiger partial charge < -0.3 is 20.6 Å². The minimum absolute atomic E-state index is 0.0190. The molecule has 0 fully saturated rings. The molecule has 0 aliphatic heterocycles. The minimum Gasteiger partial charge on any atom is -0.394 e. The van der Waals surface area contributed by atoms with Crippen LogP contribution >= 0.6 is 0 Å². The molecular formula is C47H93NO4. The average molecular weight is 736 g/mol. The summed E-state index contributed by atoms with van der Waals surface area (Å²) in [6.45, 7) is 4.24. The van der Waals surface area contributed by atoms with Crippen LogP contribution in [0.3, 0.4) is 0 Å². The highest BCUT2D eigenvalue weighted by Crippen LogP contribution is 2.17. The molecule has 0 heterocycles. The van der Waals surface area contributed by atoms with Gasteiger partial charge in [0, 0.05) is 0 Å². The smallest absolute Gasteiger partial charge is 0.222 e. The van der Waals surface area contributed by atoms with Gasteiger partial charge in [0.2, 0.25) is 5.91 Å². The van der Waals surface area contributed by atoms with Crippen molar-refractivity contribution in [3.8, 4) is 0 Å². The van der Waals surface area contributed by atoms with Crippen LogP contribution in [-0.2, 0) is 4.79 Å². The minimum atomic E-state index is -0.924. The lowest BCUT2D eigenvalue weighted by molar-refractivity contribution is -0.124. The summed E-state index contributed by atoms with van der Waals surface area (Å²) in [4.78, 5) is 12.5. The number of hydrogen-bond acceptors (Lipinski definition) is 4. The molecule has 0 radical (unpaired) electrons. The Labute approximate surface area is 325 Å². The fourth-order valence-electron chi connectivity index (χ4n) is 7.46. The number of aliphatic hydroxyl groups is 3. The van der Waals surface area contributed by atoms with E-state index in [-0.39, 0.29) is 18.9 Å². The van der Waals surface area contributed by atoms with E-state index in [0.29, 0.717) is 6.42 Å². The predicted molar refractivity (Wildman–Crippen MR) is 227 cm³/mol. The maximum Gasteiger partial charge on any atom is 0.222 e.